The predicted octanol–water partition coefficient (Wildman–Crippen LogP) is 2.47. The van der Waals surface area contributed by atoms with Gasteiger partial charge in [-0.2, -0.15) is 0 Å². The van der Waals surface area contributed by atoms with Gasteiger partial charge in [-0.3, -0.25) is 0 Å². The zero-order valence-corrected chi connectivity index (χ0v) is 11.0. The van der Waals surface area contributed by atoms with Crippen molar-refractivity contribution in [2.45, 2.75) is 39.8 Å². The van der Waals surface area contributed by atoms with Crippen molar-refractivity contribution in [3.05, 3.63) is 34.9 Å². The molecule has 1 rings (SSSR count). The lowest BCUT2D eigenvalue weighted by Crippen LogP contribution is -2.26. The van der Waals surface area contributed by atoms with Gasteiger partial charge in [0.15, 0.2) is 0 Å². The van der Waals surface area contributed by atoms with Gasteiger partial charge in [-0.25, -0.2) is 0 Å². The van der Waals surface area contributed by atoms with E-state index in [1.165, 1.54) is 16.7 Å². The number of nitrogens with two attached hydrogens (primary N) is 1. The molecular weight excluding hydrogens is 196 g/mol. The molecule has 0 radical (unpaired) electrons. The van der Waals surface area contributed by atoms with Gasteiger partial charge in [0.05, 0.1) is 0 Å². The summed E-state index contributed by atoms with van der Waals surface area (Å²) in [6.07, 6.45) is 1.06. The molecule has 1 unspecified atom stereocenters. The molecule has 0 saturated carbocycles. The van der Waals surface area contributed by atoms with E-state index in [4.69, 9.17) is 5.73 Å². The number of hydrogen-bond donors (Lipinski definition) is 1. The SMILES string of the molecule is Cc1cccc(C)c1CN(C)CCC(C)N. The van der Waals surface area contributed by atoms with Crippen LogP contribution in [0.3, 0.4) is 0 Å². The van der Waals surface area contributed by atoms with E-state index in [0.29, 0.717) is 6.04 Å². The first-order valence-corrected chi connectivity index (χ1v) is 6.00. The Bertz CT molecular complexity index is 311. The maximum atomic E-state index is 5.77. The van der Waals surface area contributed by atoms with Crippen LogP contribution in [0.2, 0.25) is 0 Å². The van der Waals surface area contributed by atoms with Gasteiger partial charge in [0.1, 0.15) is 0 Å². The van der Waals surface area contributed by atoms with Crippen LogP contribution in [-0.4, -0.2) is 24.5 Å². The maximum absolute atomic E-state index is 5.77. The van der Waals surface area contributed by atoms with Crippen LogP contribution in [-0.2, 0) is 6.54 Å². The van der Waals surface area contributed by atoms with Crippen LogP contribution >= 0.6 is 0 Å². The second kappa shape index (κ2) is 6.02. The quantitative estimate of drug-likeness (QED) is 0.826. The van der Waals surface area contributed by atoms with Gasteiger partial charge in [0.2, 0.25) is 0 Å². The second-order valence-corrected chi connectivity index (χ2v) is 4.87. The van der Waals surface area contributed by atoms with Crippen molar-refractivity contribution in [3.8, 4) is 0 Å². The summed E-state index contributed by atoms with van der Waals surface area (Å²) < 4.78 is 0. The largest absolute Gasteiger partial charge is 0.328 e. The van der Waals surface area contributed by atoms with Crippen LogP contribution < -0.4 is 5.73 Å². The lowest BCUT2D eigenvalue weighted by Gasteiger charge is -2.20. The van der Waals surface area contributed by atoms with Crippen molar-refractivity contribution in [2.75, 3.05) is 13.6 Å². The molecule has 2 N–H and O–H groups in total. The van der Waals surface area contributed by atoms with E-state index >= 15 is 0 Å². The van der Waals surface area contributed by atoms with Gasteiger partial charge in [0.25, 0.3) is 0 Å². The Morgan fingerprint density at radius 2 is 1.81 bits per heavy atom. The molecule has 0 aliphatic carbocycles. The molecule has 0 heterocycles. The highest BCUT2D eigenvalue weighted by Crippen LogP contribution is 2.15. The van der Waals surface area contributed by atoms with Crippen molar-refractivity contribution in [2.24, 2.45) is 5.73 Å². The van der Waals surface area contributed by atoms with E-state index in [1.807, 2.05) is 0 Å². The lowest BCUT2D eigenvalue weighted by atomic mass is 10.0. The fourth-order valence-electron chi connectivity index (χ4n) is 1.87. The smallest absolute Gasteiger partial charge is 0.0235 e. The standard InChI is InChI=1S/C14H24N2/c1-11-6-5-7-12(2)14(11)10-16(4)9-8-13(3)15/h5-7,13H,8-10,15H2,1-4H3. The minimum absolute atomic E-state index is 0.292. The van der Waals surface area contributed by atoms with Crippen molar-refractivity contribution in [1.82, 2.24) is 4.90 Å². The fourth-order valence-corrected chi connectivity index (χ4v) is 1.87. The molecule has 90 valence electrons. The van der Waals surface area contributed by atoms with Gasteiger partial charge >= 0.3 is 0 Å². The highest BCUT2D eigenvalue weighted by molar-refractivity contribution is 5.33. The van der Waals surface area contributed by atoms with Gasteiger partial charge in [-0.1, -0.05) is 18.2 Å². The Balaban J connectivity index is 2.59. The monoisotopic (exact) mass is 220 g/mol. The molecule has 0 saturated heterocycles. The molecule has 0 aromatic heterocycles. The molecule has 0 amide bonds. The third-order valence-electron chi connectivity index (χ3n) is 3.04. The molecular formula is C14H24N2. The minimum Gasteiger partial charge on any atom is -0.328 e. The number of rotatable bonds is 5. The normalized spacial score (nSPS) is 13.1. The van der Waals surface area contributed by atoms with E-state index in [2.05, 4.69) is 50.9 Å². The van der Waals surface area contributed by atoms with Crippen molar-refractivity contribution < 1.29 is 0 Å². The summed E-state index contributed by atoms with van der Waals surface area (Å²) in [5.74, 6) is 0. The topological polar surface area (TPSA) is 29.3 Å². The molecule has 2 heteroatoms. The Labute approximate surface area is 99.5 Å². The number of benzene rings is 1. The van der Waals surface area contributed by atoms with Crippen LogP contribution in [0, 0.1) is 13.8 Å². The number of hydrogen-bond acceptors (Lipinski definition) is 2. The third kappa shape index (κ3) is 3.95. The van der Waals surface area contributed by atoms with Gasteiger partial charge < -0.3 is 10.6 Å². The fraction of sp³-hybridized carbons (Fsp3) is 0.571. The Kier molecular flexibility index (Phi) is 4.97. The first kappa shape index (κ1) is 13.2. The second-order valence-electron chi connectivity index (χ2n) is 4.87. The number of nitrogens with zero attached hydrogens (tertiary/aromatic N) is 1. The zero-order chi connectivity index (χ0) is 12.1. The summed E-state index contributed by atoms with van der Waals surface area (Å²) in [6.45, 7) is 8.51. The highest BCUT2D eigenvalue weighted by Gasteiger charge is 2.06. The van der Waals surface area contributed by atoms with E-state index < -0.39 is 0 Å². The van der Waals surface area contributed by atoms with Gasteiger partial charge in [-0.15, -0.1) is 0 Å². The van der Waals surface area contributed by atoms with Crippen LogP contribution in [0.15, 0.2) is 18.2 Å². The number of aryl methyl sites for hydroxylation is 2. The predicted molar refractivity (Wildman–Crippen MR) is 70.5 cm³/mol. The van der Waals surface area contributed by atoms with Crippen molar-refractivity contribution in [3.63, 3.8) is 0 Å². The van der Waals surface area contributed by atoms with E-state index in [9.17, 15) is 0 Å². The summed E-state index contributed by atoms with van der Waals surface area (Å²) >= 11 is 0. The third-order valence-corrected chi connectivity index (χ3v) is 3.04. The van der Waals surface area contributed by atoms with Crippen LogP contribution in [0.1, 0.15) is 30.0 Å². The average Bonchev–Trinajstić information content (AvgIpc) is 2.21. The molecule has 0 spiro atoms. The minimum atomic E-state index is 0.292. The Morgan fingerprint density at radius 3 is 2.31 bits per heavy atom. The first-order valence-electron chi connectivity index (χ1n) is 6.00. The summed E-state index contributed by atoms with van der Waals surface area (Å²) in [6, 6.07) is 6.78. The Hall–Kier alpha value is -0.860. The molecule has 1 aromatic carbocycles. The van der Waals surface area contributed by atoms with Gasteiger partial charge in [0, 0.05) is 12.6 Å². The maximum Gasteiger partial charge on any atom is 0.0235 e. The van der Waals surface area contributed by atoms with E-state index in [1.54, 1.807) is 0 Å². The summed E-state index contributed by atoms with van der Waals surface area (Å²) in [7, 11) is 2.16. The summed E-state index contributed by atoms with van der Waals surface area (Å²) in [5.41, 5.74) is 9.98. The molecule has 2 nitrogen and oxygen atoms in total. The van der Waals surface area contributed by atoms with Crippen molar-refractivity contribution >= 4 is 0 Å². The van der Waals surface area contributed by atoms with Crippen LogP contribution in [0.4, 0.5) is 0 Å². The highest BCUT2D eigenvalue weighted by atomic mass is 15.1. The Morgan fingerprint density at radius 1 is 1.25 bits per heavy atom. The van der Waals surface area contributed by atoms with E-state index in [0.717, 1.165) is 19.5 Å². The van der Waals surface area contributed by atoms with E-state index in [-0.39, 0.29) is 0 Å². The molecule has 0 fully saturated rings. The molecule has 0 bridgehead atoms. The summed E-state index contributed by atoms with van der Waals surface area (Å²) in [4.78, 5) is 2.35. The first-order chi connectivity index (χ1) is 7.50. The zero-order valence-electron chi connectivity index (χ0n) is 11.0. The lowest BCUT2D eigenvalue weighted by molar-refractivity contribution is 0.312. The van der Waals surface area contributed by atoms with Crippen LogP contribution in [0.25, 0.3) is 0 Å². The molecule has 0 aliphatic rings. The van der Waals surface area contributed by atoms with Gasteiger partial charge in [-0.05, 0) is 57.5 Å². The molecule has 0 aliphatic heterocycles. The van der Waals surface area contributed by atoms with Crippen LogP contribution in [0.5, 0.6) is 0 Å². The van der Waals surface area contributed by atoms with Crippen molar-refractivity contribution in [1.29, 1.82) is 0 Å². The summed E-state index contributed by atoms with van der Waals surface area (Å²) in [5, 5.41) is 0. The molecule has 1 aromatic rings. The molecule has 16 heavy (non-hydrogen) atoms. The molecule has 1 atom stereocenters. The average molecular weight is 220 g/mol.